The Balaban J connectivity index is 2.73. The van der Waals surface area contributed by atoms with Crippen LogP contribution in [0.5, 0.6) is 0 Å². The van der Waals surface area contributed by atoms with Gasteiger partial charge in [0.05, 0.1) is 40.5 Å². The van der Waals surface area contributed by atoms with E-state index in [9.17, 15) is 68.2 Å². The molecule has 0 saturated carbocycles. The van der Waals surface area contributed by atoms with Crippen molar-refractivity contribution in [2.75, 3.05) is 0 Å². The van der Waals surface area contributed by atoms with Gasteiger partial charge in [-0.1, -0.05) is 0 Å². The van der Waals surface area contributed by atoms with Gasteiger partial charge in [-0.25, -0.2) is 0 Å². The third-order valence-electron chi connectivity index (χ3n) is 4.68. The van der Waals surface area contributed by atoms with Crippen LogP contribution >= 0.6 is 0 Å². The molecule has 3 atom stereocenters. The number of nitrogens with zero attached hydrogens (tertiary/aromatic N) is 2. The van der Waals surface area contributed by atoms with E-state index in [2.05, 4.69) is 4.98 Å². The minimum atomic E-state index is -5.59. The first-order valence-corrected chi connectivity index (χ1v) is 8.87. The Morgan fingerprint density at radius 2 is 1.06 bits per heavy atom. The van der Waals surface area contributed by atoms with Gasteiger partial charge in [-0.05, 0) is 23.8 Å². The van der Waals surface area contributed by atoms with Crippen molar-refractivity contribution in [1.29, 1.82) is 5.26 Å². The molecule has 0 saturated heterocycles. The molecule has 192 valence electrons. The number of benzene rings is 1. The highest BCUT2D eigenvalue weighted by molar-refractivity contribution is 5.40. The number of pyridine rings is 1. The smallest absolute Gasteiger partial charge is 0.387 e. The van der Waals surface area contributed by atoms with Crippen LogP contribution < -0.4 is 0 Å². The fourth-order valence-corrected chi connectivity index (χ4v) is 3.09. The molecule has 0 radical (unpaired) electrons. The number of nitriles is 1. The highest BCUT2D eigenvalue weighted by Crippen LogP contribution is 2.46. The predicted molar refractivity (Wildman–Crippen MR) is 89.7 cm³/mol. The number of aliphatic hydroxyl groups is 2. The van der Waals surface area contributed by atoms with Crippen LogP contribution in [0.25, 0.3) is 0 Å². The van der Waals surface area contributed by atoms with Crippen molar-refractivity contribution in [2.24, 2.45) is 5.92 Å². The third kappa shape index (κ3) is 6.14. The van der Waals surface area contributed by atoms with Gasteiger partial charge in [-0.15, -0.1) is 0 Å². The SMILES string of the molecule is N#CC(C(O)c1cc(C(F)(F)F)cc(C(F)(F)F)c1)C(O)c1c(C(F)(F)F)cncc1C(F)(F)F. The van der Waals surface area contributed by atoms with Crippen molar-refractivity contribution >= 4 is 0 Å². The maximum Gasteiger partial charge on any atom is 0.418 e. The van der Waals surface area contributed by atoms with Gasteiger partial charge in [0.15, 0.2) is 0 Å². The minimum Gasteiger partial charge on any atom is -0.387 e. The standard InChI is InChI=1S/C19H10F12N2O2/c20-16(21,22)8-1-7(2-9(3-8)17(23,24)25)14(34)10(4-32)15(35)13-11(18(26,27)28)5-33-6-12(13)19(29,30)31/h1-3,5-6,10,14-15,34-35H. The number of alkyl halides is 12. The summed E-state index contributed by atoms with van der Waals surface area (Å²) >= 11 is 0. The van der Waals surface area contributed by atoms with Crippen molar-refractivity contribution in [2.45, 2.75) is 36.9 Å². The number of aromatic nitrogens is 1. The summed E-state index contributed by atoms with van der Waals surface area (Å²) in [6.07, 6.45) is -28.3. The molecule has 0 fully saturated rings. The van der Waals surface area contributed by atoms with Gasteiger partial charge < -0.3 is 10.2 Å². The van der Waals surface area contributed by atoms with E-state index < -0.39 is 76.2 Å². The average molecular weight is 526 g/mol. The molecule has 35 heavy (non-hydrogen) atoms. The van der Waals surface area contributed by atoms with E-state index in [-0.39, 0.29) is 30.6 Å². The van der Waals surface area contributed by atoms with Gasteiger partial charge >= 0.3 is 24.7 Å². The molecule has 0 aliphatic rings. The molecule has 1 heterocycles. The number of hydrogen-bond acceptors (Lipinski definition) is 4. The van der Waals surface area contributed by atoms with Gasteiger partial charge in [-0.3, -0.25) is 4.98 Å². The van der Waals surface area contributed by atoms with E-state index in [1.54, 1.807) is 0 Å². The second-order valence-electron chi connectivity index (χ2n) is 7.03. The lowest BCUT2D eigenvalue weighted by Crippen LogP contribution is -2.26. The Kier molecular flexibility index (Phi) is 7.40. The molecule has 4 nitrogen and oxygen atoms in total. The maximum absolute atomic E-state index is 13.3. The van der Waals surface area contributed by atoms with Crippen LogP contribution in [0.3, 0.4) is 0 Å². The fraction of sp³-hybridized carbons (Fsp3) is 0.368. The summed E-state index contributed by atoms with van der Waals surface area (Å²) in [5, 5.41) is 29.8. The van der Waals surface area contributed by atoms with Crippen molar-refractivity contribution < 1.29 is 62.9 Å². The molecular formula is C19H10F12N2O2. The second-order valence-corrected chi connectivity index (χ2v) is 7.03. The van der Waals surface area contributed by atoms with Gasteiger partial charge in [-0.2, -0.15) is 57.9 Å². The Morgan fingerprint density at radius 3 is 1.37 bits per heavy atom. The lowest BCUT2D eigenvalue weighted by atomic mass is 9.84. The molecule has 0 amide bonds. The van der Waals surface area contributed by atoms with Crippen LogP contribution in [-0.2, 0) is 24.7 Å². The number of hydrogen-bond donors (Lipinski definition) is 2. The zero-order chi connectivity index (χ0) is 27.1. The maximum atomic E-state index is 13.3. The Hall–Kier alpha value is -3.06. The molecule has 0 spiro atoms. The normalized spacial score (nSPS) is 15.9. The fourth-order valence-electron chi connectivity index (χ4n) is 3.09. The molecule has 2 rings (SSSR count). The van der Waals surface area contributed by atoms with E-state index in [1.807, 2.05) is 0 Å². The van der Waals surface area contributed by atoms with Crippen LogP contribution in [0.2, 0.25) is 0 Å². The van der Waals surface area contributed by atoms with Crippen molar-refractivity contribution in [1.82, 2.24) is 4.98 Å². The predicted octanol–water partition coefficient (Wildman–Crippen LogP) is 6.06. The van der Waals surface area contributed by atoms with Crippen LogP contribution in [0.4, 0.5) is 52.7 Å². The summed E-state index contributed by atoms with van der Waals surface area (Å²) < 4.78 is 158. The van der Waals surface area contributed by atoms with Crippen molar-refractivity contribution in [3.63, 3.8) is 0 Å². The molecule has 1 aromatic heterocycles. The molecule has 3 unspecified atom stereocenters. The molecular weight excluding hydrogens is 516 g/mol. The lowest BCUT2D eigenvalue weighted by Gasteiger charge is -2.27. The van der Waals surface area contributed by atoms with Gasteiger partial charge in [0, 0.05) is 18.0 Å². The number of halogens is 12. The summed E-state index contributed by atoms with van der Waals surface area (Å²) in [7, 11) is 0. The summed E-state index contributed by atoms with van der Waals surface area (Å²) in [5.74, 6) is -2.77. The van der Waals surface area contributed by atoms with Gasteiger partial charge in [0.25, 0.3) is 0 Å². The average Bonchev–Trinajstić information content (AvgIpc) is 2.70. The molecule has 1 aromatic carbocycles. The highest BCUT2D eigenvalue weighted by Gasteiger charge is 2.46. The molecule has 2 aromatic rings. The van der Waals surface area contributed by atoms with Crippen molar-refractivity contribution in [3.8, 4) is 6.07 Å². The van der Waals surface area contributed by atoms with Gasteiger partial charge in [0.2, 0.25) is 0 Å². The zero-order valence-corrected chi connectivity index (χ0v) is 16.4. The highest BCUT2D eigenvalue weighted by atomic mass is 19.4. The molecule has 16 heteroatoms. The van der Waals surface area contributed by atoms with Crippen LogP contribution in [0.1, 0.15) is 45.6 Å². The summed E-state index contributed by atoms with van der Waals surface area (Å²) in [5.41, 5.74) is -11.7. The van der Waals surface area contributed by atoms with Gasteiger partial charge in [0.1, 0.15) is 5.92 Å². The lowest BCUT2D eigenvalue weighted by molar-refractivity contribution is -0.148. The summed E-state index contributed by atoms with van der Waals surface area (Å²) in [4.78, 5) is 2.78. The van der Waals surface area contributed by atoms with E-state index in [0.29, 0.717) is 0 Å². The van der Waals surface area contributed by atoms with E-state index >= 15 is 0 Å². The first-order chi connectivity index (χ1) is 15.7. The van der Waals surface area contributed by atoms with Crippen LogP contribution in [0.15, 0.2) is 30.6 Å². The topological polar surface area (TPSA) is 77.1 Å². The summed E-state index contributed by atoms with van der Waals surface area (Å²) in [6, 6.07) is 0.425. The Bertz CT molecular complexity index is 1050. The quantitative estimate of drug-likeness (QED) is 0.475. The van der Waals surface area contributed by atoms with Crippen molar-refractivity contribution in [3.05, 3.63) is 64.0 Å². The first-order valence-electron chi connectivity index (χ1n) is 8.87. The minimum absolute atomic E-state index is 0.0845. The second kappa shape index (κ2) is 9.19. The Labute approximate surface area is 187 Å². The third-order valence-corrected chi connectivity index (χ3v) is 4.68. The first kappa shape index (κ1) is 28.2. The molecule has 0 aliphatic carbocycles. The van der Waals surface area contributed by atoms with E-state index in [4.69, 9.17) is 0 Å². The Morgan fingerprint density at radius 1 is 0.657 bits per heavy atom. The molecule has 0 bridgehead atoms. The number of aliphatic hydroxyl groups excluding tert-OH is 2. The van der Waals surface area contributed by atoms with Crippen LogP contribution in [0, 0.1) is 17.2 Å². The van der Waals surface area contributed by atoms with Crippen LogP contribution in [-0.4, -0.2) is 15.2 Å². The largest absolute Gasteiger partial charge is 0.418 e. The zero-order valence-electron chi connectivity index (χ0n) is 16.4. The van der Waals surface area contributed by atoms with E-state index in [1.165, 1.54) is 0 Å². The number of rotatable bonds is 4. The molecule has 0 aliphatic heterocycles. The van der Waals surface area contributed by atoms with E-state index in [0.717, 1.165) is 6.07 Å². The molecule has 2 N–H and O–H groups in total. The summed E-state index contributed by atoms with van der Waals surface area (Å²) in [6.45, 7) is 0. The monoisotopic (exact) mass is 526 g/mol.